The van der Waals surface area contributed by atoms with Crippen LogP contribution in [0.25, 0.3) is 0 Å². The van der Waals surface area contributed by atoms with E-state index in [2.05, 4.69) is 5.32 Å². The highest BCUT2D eigenvalue weighted by molar-refractivity contribution is 5.96. The minimum Gasteiger partial charge on any atom is -0.497 e. The zero-order chi connectivity index (χ0) is 26.9. The minimum absolute atomic E-state index is 0.100. The van der Waals surface area contributed by atoms with Gasteiger partial charge in [-0.15, -0.1) is 0 Å². The van der Waals surface area contributed by atoms with E-state index in [1.54, 1.807) is 50.5 Å². The van der Waals surface area contributed by atoms with Crippen LogP contribution in [-0.2, 0) is 11.2 Å². The molecule has 0 radical (unpaired) electrons. The molecule has 0 spiro atoms. The van der Waals surface area contributed by atoms with E-state index < -0.39 is 6.04 Å². The Morgan fingerprint density at radius 1 is 0.947 bits per heavy atom. The summed E-state index contributed by atoms with van der Waals surface area (Å²) in [5.74, 6) is 1.54. The Labute approximate surface area is 223 Å². The molecule has 1 unspecified atom stereocenters. The van der Waals surface area contributed by atoms with Crippen LogP contribution in [0.15, 0.2) is 65.3 Å². The van der Waals surface area contributed by atoms with Crippen LogP contribution >= 0.6 is 0 Å². The molecule has 1 aliphatic carbocycles. The molecule has 4 rings (SSSR count). The number of furan rings is 1. The van der Waals surface area contributed by atoms with Crippen LogP contribution < -0.4 is 19.5 Å². The summed E-state index contributed by atoms with van der Waals surface area (Å²) in [6, 6.07) is 15.5. The van der Waals surface area contributed by atoms with Crippen molar-refractivity contribution < 1.29 is 28.2 Å². The molecule has 2 amide bonds. The number of nitrogens with one attached hydrogen (secondary N) is 1. The van der Waals surface area contributed by atoms with Crippen molar-refractivity contribution in [2.24, 2.45) is 0 Å². The van der Waals surface area contributed by atoms with Crippen LogP contribution in [0.1, 0.15) is 59.8 Å². The first-order valence-corrected chi connectivity index (χ1v) is 13.0. The molecule has 1 N–H and O–H groups in total. The standard InChI is InChI=1S/C30H36N2O6/c1-35-24-14-12-22(13-15-24)28(29(33)31-23-8-5-4-6-9-23)32(30(34)26-10-7-19-38-26)18-17-21-11-16-25(36-2)27(20-21)37-3/h7,10-16,19-20,23,28H,4-6,8-9,17-18H2,1-3H3,(H,31,33). The van der Waals surface area contributed by atoms with Crippen molar-refractivity contribution in [1.29, 1.82) is 0 Å². The van der Waals surface area contributed by atoms with Crippen molar-refractivity contribution >= 4 is 11.8 Å². The Hall–Kier alpha value is -3.94. The van der Waals surface area contributed by atoms with Gasteiger partial charge in [-0.3, -0.25) is 9.59 Å². The zero-order valence-electron chi connectivity index (χ0n) is 22.3. The number of rotatable bonds is 11. The van der Waals surface area contributed by atoms with Crippen LogP contribution in [0.4, 0.5) is 0 Å². The summed E-state index contributed by atoms with van der Waals surface area (Å²) in [4.78, 5) is 29.2. The molecular weight excluding hydrogens is 484 g/mol. The quantitative estimate of drug-likeness (QED) is 0.375. The molecule has 8 heteroatoms. The van der Waals surface area contributed by atoms with Gasteiger partial charge in [0.1, 0.15) is 11.8 Å². The summed E-state index contributed by atoms with van der Waals surface area (Å²) in [5, 5.41) is 3.23. The summed E-state index contributed by atoms with van der Waals surface area (Å²) >= 11 is 0. The first kappa shape index (κ1) is 27.1. The molecule has 1 fully saturated rings. The second-order valence-corrected chi connectivity index (χ2v) is 9.43. The van der Waals surface area contributed by atoms with E-state index in [0.717, 1.165) is 31.2 Å². The number of benzene rings is 2. The van der Waals surface area contributed by atoms with Gasteiger partial charge in [-0.05, 0) is 66.8 Å². The molecule has 1 aliphatic rings. The lowest BCUT2D eigenvalue weighted by Crippen LogP contribution is -2.47. The molecule has 1 heterocycles. The molecule has 8 nitrogen and oxygen atoms in total. The Kier molecular flexibility index (Phi) is 9.30. The third kappa shape index (κ3) is 6.49. The fraction of sp³-hybridized carbons (Fsp3) is 0.400. The van der Waals surface area contributed by atoms with Crippen LogP contribution in [0.3, 0.4) is 0 Å². The van der Waals surface area contributed by atoms with Gasteiger partial charge in [-0.1, -0.05) is 37.5 Å². The highest BCUT2D eigenvalue weighted by atomic mass is 16.5. The number of ether oxygens (including phenoxy) is 3. The van der Waals surface area contributed by atoms with Crippen LogP contribution in [0.5, 0.6) is 17.2 Å². The summed E-state index contributed by atoms with van der Waals surface area (Å²) in [6.45, 7) is 0.282. The van der Waals surface area contributed by atoms with Crippen LogP contribution in [0.2, 0.25) is 0 Å². The lowest BCUT2D eigenvalue weighted by Gasteiger charge is -2.33. The third-order valence-electron chi connectivity index (χ3n) is 7.03. The van der Waals surface area contributed by atoms with Crippen molar-refractivity contribution in [3.05, 3.63) is 77.7 Å². The molecule has 202 valence electrons. The number of nitrogens with zero attached hydrogens (tertiary/aromatic N) is 1. The van der Waals surface area contributed by atoms with Crippen LogP contribution in [0, 0.1) is 0 Å². The Morgan fingerprint density at radius 2 is 1.68 bits per heavy atom. The minimum atomic E-state index is -0.847. The van der Waals surface area contributed by atoms with Gasteiger partial charge in [0, 0.05) is 12.6 Å². The van der Waals surface area contributed by atoms with Crippen molar-refractivity contribution in [2.75, 3.05) is 27.9 Å². The van der Waals surface area contributed by atoms with E-state index in [-0.39, 0.29) is 30.2 Å². The van der Waals surface area contributed by atoms with E-state index in [0.29, 0.717) is 29.2 Å². The average Bonchev–Trinajstić information content (AvgIpc) is 3.50. The van der Waals surface area contributed by atoms with Crippen LogP contribution in [-0.4, -0.2) is 50.6 Å². The van der Waals surface area contributed by atoms with Gasteiger partial charge < -0.3 is 28.8 Å². The summed E-state index contributed by atoms with van der Waals surface area (Å²) in [5.41, 5.74) is 1.65. The maximum atomic E-state index is 13.9. The third-order valence-corrected chi connectivity index (χ3v) is 7.03. The Bertz CT molecular complexity index is 1190. The highest BCUT2D eigenvalue weighted by Gasteiger charge is 2.34. The molecule has 0 aliphatic heterocycles. The molecule has 2 aromatic carbocycles. The predicted octanol–water partition coefficient (Wildman–Crippen LogP) is 5.18. The molecular formula is C30H36N2O6. The van der Waals surface area contributed by atoms with Gasteiger partial charge in [0.15, 0.2) is 17.3 Å². The molecule has 0 saturated heterocycles. The molecule has 38 heavy (non-hydrogen) atoms. The van der Waals surface area contributed by atoms with Gasteiger partial charge in [0.2, 0.25) is 5.91 Å². The number of carbonyl (C=O) groups excluding carboxylic acids is 2. The molecule has 0 bridgehead atoms. The second kappa shape index (κ2) is 13.0. The second-order valence-electron chi connectivity index (χ2n) is 9.43. The molecule has 1 aromatic heterocycles. The van der Waals surface area contributed by atoms with E-state index in [1.165, 1.54) is 12.7 Å². The van der Waals surface area contributed by atoms with E-state index in [9.17, 15) is 9.59 Å². The summed E-state index contributed by atoms with van der Waals surface area (Å²) in [6.07, 6.45) is 7.21. The van der Waals surface area contributed by atoms with Gasteiger partial charge in [-0.2, -0.15) is 0 Å². The van der Waals surface area contributed by atoms with E-state index in [4.69, 9.17) is 18.6 Å². The van der Waals surface area contributed by atoms with Gasteiger partial charge in [0.25, 0.3) is 5.91 Å². The normalized spacial score (nSPS) is 14.4. The van der Waals surface area contributed by atoms with Crippen molar-refractivity contribution in [1.82, 2.24) is 10.2 Å². The number of hydrogen-bond acceptors (Lipinski definition) is 6. The van der Waals surface area contributed by atoms with E-state index in [1.807, 2.05) is 30.3 Å². The molecule has 1 saturated carbocycles. The monoisotopic (exact) mass is 520 g/mol. The smallest absolute Gasteiger partial charge is 0.290 e. The van der Waals surface area contributed by atoms with Crippen molar-refractivity contribution in [3.8, 4) is 17.2 Å². The Morgan fingerprint density at radius 3 is 2.32 bits per heavy atom. The van der Waals surface area contributed by atoms with Gasteiger partial charge in [0.05, 0.1) is 27.6 Å². The summed E-state index contributed by atoms with van der Waals surface area (Å²) < 4.78 is 21.6. The predicted molar refractivity (Wildman–Crippen MR) is 144 cm³/mol. The van der Waals surface area contributed by atoms with Crippen molar-refractivity contribution in [2.45, 2.75) is 50.6 Å². The first-order valence-electron chi connectivity index (χ1n) is 13.0. The lowest BCUT2D eigenvalue weighted by molar-refractivity contribution is -0.126. The SMILES string of the molecule is COc1ccc(C(C(=O)NC2CCCCC2)N(CCc2ccc(OC)c(OC)c2)C(=O)c2ccco2)cc1. The van der Waals surface area contributed by atoms with Gasteiger partial charge in [-0.25, -0.2) is 0 Å². The maximum absolute atomic E-state index is 13.9. The summed E-state index contributed by atoms with van der Waals surface area (Å²) in [7, 11) is 4.77. The number of amides is 2. The number of carbonyl (C=O) groups is 2. The van der Waals surface area contributed by atoms with E-state index >= 15 is 0 Å². The number of methoxy groups -OCH3 is 3. The van der Waals surface area contributed by atoms with Crippen molar-refractivity contribution in [3.63, 3.8) is 0 Å². The fourth-order valence-corrected chi connectivity index (χ4v) is 4.96. The zero-order valence-corrected chi connectivity index (χ0v) is 22.3. The number of hydrogen-bond donors (Lipinski definition) is 1. The molecule has 1 atom stereocenters. The average molecular weight is 521 g/mol. The highest BCUT2D eigenvalue weighted by Crippen LogP contribution is 2.30. The maximum Gasteiger partial charge on any atom is 0.290 e. The molecule has 3 aromatic rings. The Balaban J connectivity index is 1.67. The largest absolute Gasteiger partial charge is 0.497 e. The first-order chi connectivity index (χ1) is 18.5. The lowest BCUT2D eigenvalue weighted by atomic mass is 9.94. The van der Waals surface area contributed by atoms with Gasteiger partial charge >= 0.3 is 0 Å². The fourth-order valence-electron chi connectivity index (χ4n) is 4.96. The topological polar surface area (TPSA) is 90.2 Å².